The topological polar surface area (TPSA) is 95.9 Å². The van der Waals surface area contributed by atoms with E-state index in [0.29, 0.717) is 0 Å². The van der Waals surface area contributed by atoms with Crippen LogP contribution in [0.3, 0.4) is 0 Å². The summed E-state index contributed by atoms with van der Waals surface area (Å²) >= 11 is 6.33. The third-order valence-electron chi connectivity index (χ3n) is 7.84. The van der Waals surface area contributed by atoms with E-state index in [0.717, 1.165) is 22.6 Å². The molecule has 1 unspecified atom stereocenters. The lowest BCUT2D eigenvalue weighted by molar-refractivity contribution is 0.0976. The van der Waals surface area contributed by atoms with Crippen LogP contribution in [0.2, 0.25) is 5.02 Å². The summed E-state index contributed by atoms with van der Waals surface area (Å²) in [6, 6.07) is 19.7. The number of para-hydroxylation sites is 1. The highest BCUT2D eigenvalue weighted by atomic mass is 35.5. The van der Waals surface area contributed by atoms with Crippen molar-refractivity contribution in [1.82, 2.24) is 0 Å². The molecular formula is C34H29ClF2N2O5S. The number of benzene rings is 4. The second kappa shape index (κ2) is 11.5. The number of hydrogen-bond acceptors (Lipinski definition) is 6. The number of carbonyl (C=O) groups excluding carboxylic acids is 1. The van der Waals surface area contributed by atoms with Crippen LogP contribution in [0.15, 0.2) is 95.5 Å². The molecule has 1 amide bonds. The Morgan fingerprint density at radius 3 is 2.47 bits per heavy atom. The lowest BCUT2D eigenvalue weighted by atomic mass is 9.88. The molecule has 6 rings (SSSR count). The second-order valence-corrected chi connectivity index (χ2v) is 14.2. The smallest absolute Gasteiger partial charge is 0.263 e. The molecule has 0 fully saturated rings. The average Bonchev–Trinajstić information content (AvgIpc) is 3.11. The summed E-state index contributed by atoms with van der Waals surface area (Å²) in [6.45, 7) is 3.72. The lowest BCUT2D eigenvalue weighted by Crippen LogP contribution is -2.41. The van der Waals surface area contributed by atoms with Crippen LogP contribution >= 0.6 is 11.6 Å². The molecule has 1 atom stereocenters. The van der Waals surface area contributed by atoms with Crippen LogP contribution in [0.25, 0.3) is 0 Å². The predicted octanol–water partition coefficient (Wildman–Crippen LogP) is 7.77. The van der Waals surface area contributed by atoms with Gasteiger partial charge in [-0.2, -0.15) is 0 Å². The summed E-state index contributed by atoms with van der Waals surface area (Å²) < 4.78 is 65.6. The van der Waals surface area contributed by atoms with E-state index in [1.54, 1.807) is 13.8 Å². The van der Waals surface area contributed by atoms with Crippen molar-refractivity contribution in [3.8, 4) is 11.5 Å². The monoisotopic (exact) mass is 650 g/mol. The van der Waals surface area contributed by atoms with Gasteiger partial charge >= 0.3 is 0 Å². The Kier molecular flexibility index (Phi) is 7.82. The summed E-state index contributed by atoms with van der Waals surface area (Å²) in [7, 11) is -4.17. The molecule has 2 aliphatic rings. The SMILES string of the molecule is CC1(C)CC2=C(C(c3ccc(OCc4ccccc4)cc3F)N(C(=O)c3c(F)cccc3Cl)c3cccc(O)c3N2)S(=O)(=O)C1. The molecule has 0 radical (unpaired) electrons. The van der Waals surface area contributed by atoms with Gasteiger partial charge in [-0.3, -0.25) is 9.69 Å². The summed E-state index contributed by atoms with van der Waals surface area (Å²) in [5, 5.41) is 13.8. The average molecular weight is 651 g/mol. The van der Waals surface area contributed by atoms with Gasteiger partial charge in [-0.25, -0.2) is 17.2 Å². The maximum Gasteiger partial charge on any atom is 0.263 e. The number of nitrogens with one attached hydrogen (secondary N) is 1. The number of hydrogen-bond donors (Lipinski definition) is 2. The minimum atomic E-state index is -4.17. The number of phenols is 1. The highest BCUT2D eigenvalue weighted by molar-refractivity contribution is 7.95. The maximum absolute atomic E-state index is 16.3. The van der Waals surface area contributed by atoms with Crippen LogP contribution < -0.4 is 15.0 Å². The van der Waals surface area contributed by atoms with Gasteiger partial charge in [0.15, 0.2) is 9.84 Å². The van der Waals surface area contributed by atoms with Gasteiger partial charge in [-0.1, -0.05) is 67.9 Å². The Bertz CT molecular complexity index is 1940. The molecule has 0 saturated heterocycles. The first-order valence-corrected chi connectivity index (χ1v) is 16.2. The highest BCUT2D eigenvalue weighted by Crippen LogP contribution is 2.52. The first-order valence-electron chi connectivity index (χ1n) is 14.1. The first kappa shape index (κ1) is 30.6. The fourth-order valence-corrected chi connectivity index (χ4v) is 8.59. The molecule has 0 saturated carbocycles. The quantitative estimate of drug-likeness (QED) is 0.214. The van der Waals surface area contributed by atoms with Gasteiger partial charge < -0.3 is 15.2 Å². The predicted molar refractivity (Wildman–Crippen MR) is 169 cm³/mol. The molecule has 2 heterocycles. The third-order valence-corrected chi connectivity index (χ3v) is 10.5. The van der Waals surface area contributed by atoms with Crippen LogP contribution in [-0.2, 0) is 16.4 Å². The van der Waals surface area contributed by atoms with E-state index < -0.39 is 44.4 Å². The number of anilines is 2. The van der Waals surface area contributed by atoms with E-state index in [-0.39, 0.29) is 62.8 Å². The number of amides is 1. The van der Waals surface area contributed by atoms with Crippen molar-refractivity contribution >= 4 is 38.7 Å². The van der Waals surface area contributed by atoms with E-state index in [1.807, 2.05) is 30.3 Å². The van der Waals surface area contributed by atoms with Crippen molar-refractivity contribution < 1.29 is 31.8 Å². The standard InChI is InChI=1S/C34H29ClF2N2O5S/c1-34(2)17-26-32(45(42,43)19-34)31(22-15-14-21(16-25(22)37)44-18-20-8-4-3-5-9-20)39(27-12-7-13-28(40)30(27)38-26)33(41)29-23(35)10-6-11-24(29)36/h3-16,31,38,40H,17-19H2,1-2H3. The van der Waals surface area contributed by atoms with Crippen LogP contribution in [-0.4, -0.2) is 25.2 Å². The lowest BCUT2D eigenvalue weighted by Gasteiger charge is -2.37. The van der Waals surface area contributed by atoms with Gasteiger partial charge in [0.25, 0.3) is 5.91 Å². The van der Waals surface area contributed by atoms with Gasteiger partial charge in [0.05, 0.1) is 26.9 Å². The minimum absolute atomic E-state index is 0.00975. The zero-order valence-electron chi connectivity index (χ0n) is 24.4. The summed E-state index contributed by atoms with van der Waals surface area (Å²) in [6.07, 6.45) is 0.203. The van der Waals surface area contributed by atoms with Crippen LogP contribution in [0, 0.1) is 17.0 Å². The molecule has 11 heteroatoms. The molecule has 0 bridgehead atoms. The Morgan fingerprint density at radius 1 is 1.02 bits per heavy atom. The Labute approximate surface area is 264 Å². The number of fused-ring (bicyclic) bond motifs is 1. The third kappa shape index (κ3) is 5.76. The van der Waals surface area contributed by atoms with Gasteiger partial charge in [0.2, 0.25) is 0 Å². The number of halogens is 3. The summed E-state index contributed by atoms with van der Waals surface area (Å²) in [5.41, 5.74) is -0.354. The van der Waals surface area contributed by atoms with Crippen molar-refractivity contribution in [2.45, 2.75) is 32.9 Å². The van der Waals surface area contributed by atoms with Gasteiger partial charge in [-0.15, -0.1) is 0 Å². The number of phenolic OH excluding ortho intramolecular Hbond substituents is 1. The molecule has 4 aromatic rings. The van der Waals surface area contributed by atoms with E-state index in [4.69, 9.17) is 16.3 Å². The zero-order valence-corrected chi connectivity index (χ0v) is 25.9. The van der Waals surface area contributed by atoms with E-state index >= 15 is 8.78 Å². The molecule has 0 aliphatic carbocycles. The minimum Gasteiger partial charge on any atom is -0.506 e. The molecule has 0 spiro atoms. The molecule has 2 aliphatic heterocycles. The van der Waals surface area contributed by atoms with Gasteiger partial charge in [-0.05, 0) is 53.8 Å². The number of aromatic hydroxyl groups is 1. The second-order valence-electron chi connectivity index (χ2n) is 11.9. The molecular weight excluding hydrogens is 622 g/mol. The number of carbonyl (C=O) groups is 1. The van der Waals surface area contributed by atoms with Crippen LogP contribution in [0.5, 0.6) is 11.5 Å². The van der Waals surface area contributed by atoms with Crippen molar-refractivity contribution in [2.75, 3.05) is 16.0 Å². The number of rotatable bonds is 5. The van der Waals surface area contributed by atoms with E-state index in [1.165, 1.54) is 42.5 Å². The number of ether oxygens (including phenoxy) is 1. The molecule has 2 N–H and O–H groups in total. The van der Waals surface area contributed by atoms with Gasteiger partial charge in [0.1, 0.15) is 41.5 Å². The summed E-state index contributed by atoms with van der Waals surface area (Å²) in [4.78, 5) is 15.2. The Hall–Kier alpha value is -4.41. The van der Waals surface area contributed by atoms with E-state index in [2.05, 4.69) is 5.32 Å². The van der Waals surface area contributed by atoms with E-state index in [9.17, 15) is 18.3 Å². The Morgan fingerprint density at radius 2 is 1.76 bits per heavy atom. The summed E-state index contributed by atoms with van der Waals surface area (Å²) in [5.74, 6) is -3.21. The highest BCUT2D eigenvalue weighted by Gasteiger charge is 2.48. The first-order chi connectivity index (χ1) is 21.4. The molecule has 232 valence electrons. The Balaban J connectivity index is 1.59. The fraction of sp³-hybridized carbons (Fsp3) is 0.206. The normalized spacial score (nSPS) is 18.3. The molecule has 0 aromatic heterocycles. The maximum atomic E-state index is 16.3. The molecule has 4 aromatic carbocycles. The van der Waals surface area contributed by atoms with Crippen molar-refractivity contribution in [3.05, 3.63) is 129 Å². The number of nitrogens with zero attached hydrogens (tertiary/aromatic N) is 1. The number of allylic oxidation sites excluding steroid dienone is 1. The van der Waals surface area contributed by atoms with Crippen LogP contribution in [0.1, 0.15) is 47.8 Å². The molecule has 45 heavy (non-hydrogen) atoms. The largest absolute Gasteiger partial charge is 0.506 e. The number of sulfone groups is 1. The fourth-order valence-electron chi connectivity index (χ4n) is 5.99. The van der Waals surface area contributed by atoms with Crippen molar-refractivity contribution in [3.63, 3.8) is 0 Å². The molecule has 7 nitrogen and oxygen atoms in total. The van der Waals surface area contributed by atoms with Gasteiger partial charge in [0, 0.05) is 17.3 Å². The van der Waals surface area contributed by atoms with Crippen molar-refractivity contribution in [1.29, 1.82) is 0 Å². The van der Waals surface area contributed by atoms with Crippen molar-refractivity contribution in [2.24, 2.45) is 5.41 Å². The van der Waals surface area contributed by atoms with Crippen LogP contribution in [0.4, 0.5) is 20.2 Å². The zero-order chi connectivity index (χ0) is 32.1.